The van der Waals surface area contributed by atoms with Gasteiger partial charge in [-0.1, -0.05) is 6.07 Å². The Bertz CT molecular complexity index is 693. The maximum absolute atomic E-state index is 13.8. The molecule has 0 unspecified atom stereocenters. The molecule has 5 heteroatoms. The molecule has 0 spiro atoms. The Labute approximate surface area is 122 Å². The summed E-state index contributed by atoms with van der Waals surface area (Å²) >= 11 is 0. The molecule has 1 N–H and O–H groups in total. The second-order valence-electron chi connectivity index (χ2n) is 5.18. The van der Waals surface area contributed by atoms with E-state index in [9.17, 15) is 4.39 Å². The van der Waals surface area contributed by atoms with Gasteiger partial charge in [-0.05, 0) is 37.0 Å². The second-order valence-corrected chi connectivity index (χ2v) is 5.18. The van der Waals surface area contributed by atoms with Crippen molar-refractivity contribution < 1.29 is 4.39 Å². The molecule has 0 saturated heterocycles. The van der Waals surface area contributed by atoms with E-state index >= 15 is 0 Å². The van der Waals surface area contributed by atoms with Crippen LogP contribution in [0, 0.1) is 17.1 Å². The summed E-state index contributed by atoms with van der Waals surface area (Å²) < 4.78 is 13.8. The lowest BCUT2D eigenvalue weighted by atomic mass is 9.86. The molecule has 4 nitrogen and oxygen atoms in total. The largest absolute Gasteiger partial charge is 0.367 e. The summed E-state index contributed by atoms with van der Waals surface area (Å²) in [5, 5.41) is 11.7. The van der Waals surface area contributed by atoms with Crippen molar-refractivity contribution in [3.8, 4) is 6.07 Å². The fraction of sp³-hybridized carbons (Fsp3) is 0.312. The van der Waals surface area contributed by atoms with E-state index in [0.717, 1.165) is 25.0 Å². The van der Waals surface area contributed by atoms with Crippen LogP contribution in [0.2, 0.25) is 0 Å². The van der Waals surface area contributed by atoms with E-state index in [1.807, 2.05) is 12.1 Å². The van der Waals surface area contributed by atoms with Crippen LogP contribution >= 0.6 is 0 Å². The molecule has 1 aliphatic carbocycles. The van der Waals surface area contributed by atoms with Crippen LogP contribution in [0.4, 0.5) is 10.2 Å². The standard InChI is InChI=1S/C16H15FN4/c17-14-7-11(8-18)9-20-16(14)21-10-13-4-1-3-12-5-2-6-19-15(12)13/h2,5-7,9,13H,1,3-4,10H2,(H,20,21)/t13-/m1/s1. The first-order chi connectivity index (χ1) is 10.3. The van der Waals surface area contributed by atoms with Crippen molar-refractivity contribution >= 4 is 5.82 Å². The van der Waals surface area contributed by atoms with Crippen LogP contribution in [0.3, 0.4) is 0 Å². The lowest BCUT2D eigenvalue weighted by Gasteiger charge is -2.24. The van der Waals surface area contributed by atoms with Crippen LogP contribution in [-0.4, -0.2) is 16.5 Å². The molecule has 2 aromatic rings. The lowest BCUT2D eigenvalue weighted by molar-refractivity contribution is 0.552. The van der Waals surface area contributed by atoms with Gasteiger partial charge in [0.25, 0.3) is 0 Å². The second kappa shape index (κ2) is 5.88. The molecule has 2 aromatic heterocycles. The minimum absolute atomic E-state index is 0.192. The Morgan fingerprint density at radius 3 is 3.14 bits per heavy atom. The van der Waals surface area contributed by atoms with Gasteiger partial charge in [-0.3, -0.25) is 4.98 Å². The first-order valence-corrected chi connectivity index (χ1v) is 7.01. The predicted molar refractivity (Wildman–Crippen MR) is 77.3 cm³/mol. The van der Waals surface area contributed by atoms with Crippen molar-refractivity contribution in [2.45, 2.75) is 25.2 Å². The fourth-order valence-electron chi connectivity index (χ4n) is 2.75. The van der Waals surface area contributed by atoms with E-state index in [-0.39, 0.29) is 17.3 Å². The van der Waals surface area contributed by atoms with Crippen molar-refractivity contribution in [3.05, 3.63) is 53.2 Å². The van der Waals surface area contributed by atoms with E-state index in [4.69, 9.17) is 5.26 Å². The molecule has 3 rings (SSSR count). The highest BCUT2D eigenvalue weighted by Gasteiger charge is 2.21. The predicted octanol–water partition coefficient (Wildman–Crippen LogP) is 3.02. The van der Waals surface area contributed by atoms with E-state index in [2.05, 4.69) is 21.4 Å². The Morgan fingerprint density at radius 2 is 2.33 bits per heavy atom. The third-order valence-electron chi connectivity index (χ3n) is 3.80. The Kier molecular flexibility index (Phi) is 3.78. The third kappa shape index (κ3) is 2.84. The number of hydrogen-bond acceptors (Lipinski definition) is 4. The molecule has 0 fully saturated rings. The molecule has 106 valence electrons. The lowest BCUT2D eigenvalue weighted by Crippen LogP contribution is -2.20. The summed E-state index contributed by atoms with van der Waals surface area (Å²) in [6.07, 6.45) is 6.39. The number of fused-ring (bicyclic) bond motifs is 1. The average molecular weight is 282 g/mol. The molecular formula is C16H15FN4. The normalized spacial score (nSPS) is 16.9. The van der Waals surface area contributed by atoms with Gasteiger partial charge in [0.15, 0.2) is 11.6 Å². The zero-order valence-electron chi connectivity index (χ0n) is 11.5. The van der Waals surface area contributed by atoms with Gasteiger partial charge in [0, 0.05) is 30.6 Å². The first-order valence-electron chi connectivity index (χ1n) is 7.01. The van der Waals surface area contributed by atoms with Gasteiger partial charge in [-0.25, -0.2) is 9.37 Å². The molecule has 0 aromatic carbocycles. The Hall–Kier alpha value is -2.48. The average Bonchev–Trinajstić information content (AvgIpc) is 2.53. The molecule has 1 aliphatic rings. The highest BCUT2D eigenvalue weighted by atomic mass is 19.1. The summed E-state index contributed by atoms with van der Waals surface area (Å²) in [4.78, 5) is 8.43. The monoisotopic (exact) mass is 282 g/mol. The van der Waals surface area contributed by atoms with Crippen molar-refractivity contribution in [3.63, 3.8) is 0 Å². The molecule has 0 bridgehead atoms. The van der Waals surface area contributed by atoms with Gasteiger partial charge in [0.05, 0.1) is 5.56 Å². The molecule has 2 heterocycles. The van der Waals surface area contributed by atoms with Crippen LogP contribution < -0.4 is 5.32 Å². The number of halogens is 1. The van der Waals surface area contributed by atoms with Crippen LogP contribution in [0.1, 0.15) is 35.6 Å². The Balaban J connectivity index is 1.73. The molecular weight excluding hydrogens is 267 g/mol. The first kappa shape index (κ1) is 13.5. The molecule has 0 radical (unpaired) electrons. The van der Waals surface area contributed by atoms with Crippen LogP contribution in [0.25, 0.3) is 0 Å². The van der Waals surface area contributed by atoms with Crippen molar-refractivity contribution in [1.29, 1.82) is 5.26 Å². The van der Waals surface area contributed by atoms with Gasteiger partial charge < -0.3 is 5.32 Å². The van der Waals surface area contributed by atoms with Gasteiger partial charge in [0.1, 0.15) is 6.07 Å². The maximum Gasteiger partial charge on any atom is 0.166 e. The number of nitrogens with zero attached hydrogens (tertiary/aromatic N) is 3. The molecule has 1 atom stereocenters. The number of anilines is 1. The number of aromatic nitrogens is 2. The van der Waals surface area contributed by atoms with Gasteiger partial charge in [0.2, 0.25) is 0 Å². The van der Waals surface area contributed by atoms with Crippen LogP contribution in [-0.2, 0) is 6.42 Å². The minimum Gasteiger partial charge on any atom is -0.367 e. The smallest absolute Gasteiger partial charge is 0.166 e. The quantitative estimate of drug-likeness (QED) is 0.940. The van der Waals surface area contributed by atoms with E-state index in [1.54, 1.807) is 6.20 Å². The van der Waals surface area contributed by atoms with Gasteiger partial charge in [-0.2, -0.15) is 5.26 Å². The topological polar surface area (TPSA) is 61.6 Å². The van der Waals surface area contributed by atoms with Gasteiger partial charge >= 0.3 is 0 Å². The highest BCUT2D eigenvalue weighted by Crippen LogP contribution is 2.30. The SMILES string of the molecule is N#Cc1cnc(NC[C@H]2CCCc3cccnc32)c(F)c1. The van der Waals surface area contributed by atoms with Crippen molar-refractivity contribution in [2.24, 2.45) is 0 Å². The summed E-state index contributed by atoms with van der Waals surface area (Å²) in [5.41, 5.74) is 2.61. The van der Waals surface area contributed by atoms with E-state index in [0.29, 0.717) is 6.54 Å². The number of rotatable bonds is 3. The number of nitrogens with one attached hydrogen (secondary N) is 1. The van der Waals surface area contributed by atoms with E-state index in [1.165, 1.54) is 17.8 Å². The van der Waals surface area contributed by atoms with Crippen LogP contribution in [0.5, 0.6) is 0 Å². The summed E-state index contributed by atoms with van der Waals surface area (Å²) in [6, 6.07) is 7.13. The van der Waals surface area contributed by atoms with Crippen LogP contribution in [0.15, 0.2) is 30.6 Å². The third-order valence-corrected chi connectivity index (χ3v) is 3.80. The molecule has 0 amide bonds. The number of nitriles is 1. The number of aryl methyl sites for hydroxylation is 1. The maximum atomic E-state index is 13.8. The van der Waals surface area contributed by atoms with Crippen molar-refractivity contribution in [1.82, 2.24) is 9.97 Å². The van der Waals surface area contributed by atoms with Gasteiger partial charge in [-0.15, -0.1) is 0 Å². The molecule has 21 heavy (non-hydrogen) atoms. The zero-order chi connectivity index (χ0) is 14.7. The summed E-state index contributed by atoms with van der Waals surface area (Å²) in [7, 11) is 0. The number of hydrogen-bond donors (Lipinski definition) is 1. The Morgan fingerprint density at radius 1 is 1.43 bits per heavy atom. The van der Waals surface area contributed by atoms with E-state index < -0.39 is 5.82 Å². The summed E-state index contributed by atoms with van der Waals surface area (Å²) in [6.45, 7) is 0.597. The molecule has 0 saturated carbocycles. The highest BCUT2D eigenvalue weighted by molar-refractivity contribution is 5.41. The minimum atomic E-state index is -0.494. The fourth-order valence-corrected chi connectivity index (χ4v) is 2.75. The number of pyridine rings is 2. The molecule has 0 aliphatic heterocycles. The van der Waals surface area contributed by atoms with Crippen molar-refractivity contribution in [2.75, 3.05) is 11.9 Å². The zero-order valence-corrected chi connectivity index (χ0v) is 11.5. The summed E-state index contributed by atoms with van der Waals surface area (Å²) in [5.74, 6) is -0.0325.